The van der Waals surface area contributed by atoms with E-state index in [-0.39, 0.29) is 17.5 Å². The summed E-state index contributed by atoms with van der Waals surface area (Å²) in [7, 11) is -3.03. The van der Waals surface area contributed by atoms with E-state index in [4.69, 9.17) is 4.52 Å². The normalized spacial score (nSPS) is 13.1. The van der Waals surface area contributed by atoms with E-state index >= 15 is 0 Å². The molecule has 0 bridgehead atoms. The van der Waals surface area contributed by atoms with E-state index < -0.39 is 9.84 Å². The fourth-order valence-corrected chi connectivity index (χ4v) is 3.09. The SMILES string of the molecule is CCS(=O)(=O)CC(C)Nc1ccccc1-c1nc(C)no1. The number of nitrogens with one attached hydrogen (secondary N) is 1. The maximum Gasteiger partial charge on any atom is 0.260 e. The van der Waals surface area contributed by atoms with Crippen molar-refractivity contribution in [2.75, 3.05) is 16.8 Å². The van der Waals surface area contributed by atoms with Gasteiger partial charge in [-0.15, -0.1) is 0 Å². The Bertz CT molecular complexity index is 710. The minimum Gasteiger partial charge on any atom is -0.381 e. The van der Waals surface area contributed by atoms with Gasteiger partial charge in [0.2, 0.25) is 0 Å². The van der Waals surface area contributed by atoms with Crippen LogP contribution in [0.4, 0.5) is 5.69 Å². The highest BCUT2D eigenvalue weighted by Gasteiger charge is 2.16. The molecule has 21 heavy (non-hydrogen) atoms. The molecule has 0 saturated carbocycles. The molecule has 0 aliphatic carbocycles. The number of hydrogen-bond acceptors (Lipinski definition) is 6. The minimum absolute atomic E-state index is 0.0840. The molecule has 1 atom stereocenters. The van der Waals surface area contributed by atoms with Gasteiger partial charge in [0.1, 0.15) is 0 Å². The molecule has 114 valence electrons. The summed E-state index contributed by atoms with van der Waals surface area (Å²) in [4.78, 5) is 4.20. The van der Waals surface area contributed by atoms with Crippen molar-refractivity contribution < 1.29 is 12.9 Å². The largest absolute Gasteiger partial charge is 0.381 e. The lowest BCUT2D eigenvalue weighted by Crippen LogP contribution is -2.26. The zero-order chi connectivity index (χ0) is 15.5. The third-order valence-electron chi connectivity index (χ3n) is 3.03. The molecule has 2 rings (SSSR count). The standard InChI is InChI=1S/C14H19N3O3S/c1-4-21(18,19)9-10(2)15-13-8-6-5-7-12(13)14-16-11(3)17-20-14/h5-8,10,15H,4,9H2,1-3H3. The summed E-state index contributed by atoms with van der Waals surface area (Å²) in [5.41, 5.74) is 1.54. The Morgan fingerprint density at radius 3 is 2.67 bits per heavy atom. The number of hydrogen-bond donors (Lipinski definition) is 1. The number of aromatic nitrogens is 2. The fourth-order valence-electron chi connectivity index (χ4n) is 2.01. The first-order chi connectivity index (χ1) is 9.91. The Labute approximate surface area is 124 Å². The van der Waals surface area contributed by atoms with Crippen LogP contribution < -0.4 is 5.32 Å². The van der Waals surface area contributed by atoms with Crippen LogP contribution in [-0.4, -0.2) is 36.1 Å². The molecular formula is C14H19N3O3S. The summed E-state index contributed by atoms with van der Waals surface area (Å²) in [6.45, 7) is 5.24. The summed E-state index contributed by atoms with van der Waals surface area (Å²) >= 11 is 0. The topological polar surface area (TPSA) is 85.1 Å². The number of sulfone groups is 1. The van der Waals surface area contributed by atoms with E-state index in [0.29, 0.717) is 11.7 Å². The van der Waals surface area contributed by atoms with Crippen LogP contribution in [0.3, 0.4) is 0 Å². The molecule has 1 heterocycles. The van der Waals surface area contributed by atoms with E-state index in [1.165, 1.54) is 0 Å². The van der Waals surface area contributed by atoms with Crippen molar-refractivity contribution in [3.63, 3.8) is 0 Å². The zero-order valence-corrected chi connectivity index (χ0v) is 13.1. The van der Waals surface area contributed by atoms with Crippen LogP contribution in [0.25, 0.3) is 11.5 Å². The van der Waals surface area contributed by atoms with Gasteiger partial charge in [0, 0.05) is 17.5 Å². The lowest BCUT2D eigenvalue weighted by Gasteiger charge is -2.16. The molecule has 0 amide bonds. The molecule has 0 aliphatic heterocycles. The summed E-state index contributed by atoms with van der Waals surface area (Å²) in [5, 5.41) is 6.98. The maximum atomic E-state index is 11.7. The first-order valence-electron chi connectivity index (χ1n) is 6.78. The van der Waals surface area contributed by atoms with Crippen molar-refractivity contribution in [2.24, 2.45) is 0 Å². The van der Waals surface area contributed by atoms with E-state index in [1.807, 2.05) is 31.2 Å². The van der Waals surface area contributed by atoms with Crippen LogP contribution in [0.1, 0.15) is 19.7 Å². The Morgan fingerprint density at radius 2 is 2.05 bits per heavy atom. The Morgan fingerprint density at radius 1 is 1.33 bits per heavy atom. The molecular weight excluding hydrogens is 290 g/mol. The highest BCUT2D eigenvalue weighted by Crippen LogP contribution is 2.26. The van der Waals surface area contributed by atoms with Crippen LogP contribution in [0.15, 0.2) is 28.8 Å². The zero-order valence-electron chi connectivity index (χ0n) is 12.3. The van der Waals surface area contributed by atoms with E-state index in [0.717, 1.165) is 11.3 Å². The van der Waals surface area contributed by atoms with Crippen LogP contribution in [0.2, 0.25) is 0 Å². The van der Waals surface area contributed by atoms with Gasteiger partial charge >= 0.3 is 0 Å². The maximum absolute atomic E-state index is 11.7. The van der Waals surface area contributed by atoms with Gasteiger partial charge in [-0.1, -0.05) is 24.2 Å². The van der Waals surface area contributed by atoms with Gasteiger partial charge in [-0.3, -0.25) is 0 Å². The van der Waals surface area contributed by atoms with Crippen molar-refractivity contribution in [3.8, 4) is 11.5 Å². The minimum atomic E-state index is -3.03. The third kappa shape index (κ3) is 4.04. The van der Waals surface area contributed by atoms with Crippen LogP contribution in [0, 0.1) is 6.92 Å². The molecule has 6 nitrogen and oxygen atoms in total. The van der Waals surface area contributed by atoms with Crippen molar-refractivity contribution in [1.29, 1.82) is 0 Å². The molecule has 2 aromatic rings. The highest BCUT2D eigenvalue weighted by atomic mass is 32.2. The smallest absolute Gasteiger partial charge is 0.260 e. The summed E-state index contributed by atoms with van der Waals surface area (Å²) in [6, 6.07) is 7.25. The second-order valence-corrected chi connectivity index (χ2v) is 7.33. The number of aryl methyl sites for hydroxylation is 1. The molecule has 0 fully saturated rings. The molecule has 1 unspecified atom stereocenters. The van der Waals surface area contributed by atoms with Gasteiger partial charge in [-0.25, -0.2) is 8.42 Å². The highest BCUT2D eigenvalue weighted by molar-refractivity contribution is 7.91. The molecule has 1 N–H and O–H groups in total. The predicted octanol–water partition coefficient (Wildman–Crippen LogP) is 2.28. The lowest BCUT2D eigenvalue weighted by atomic mass is 10.1. The van der Waals surface area contributed by atoms with Crippen LogP contribution in [-0.2, 0) is 9.84 Å². The Kier molecular flexibility index (Phi) is 4.62. The molecule has 0 saturated heterocycles. The van der Waals surface area contributed by atoms with Gasteiger partial charge in [0.25, 0.3) is 5.89 Å². The van der Waals surface area contributed by atoms with Crippen LogP contribution >= 0.6 is 0 Å². The number of anilines is 1. The average Bonchev–Trinajstić information content (AvgIpc) is 2.85. The second-order valence-electron chi connectivity index (χ2n) is 4.94. The molecule has 0 radical (unpaired) electrons. The van der Waals surface area contributed by atoms with Gasteiger partial charge in [-0.2, -0.15) is 4.98 Å². The lowest BCUT2D eigenvalue weighted by molar-refractivity contribution is 0.426. The second kappa shape index (κ2) is 6.26. The van der Waals surface area contributed by atoms with Crippen LogP contribution in [0.5, 0.6) is 0 Å². The summed E-state index contributed by atoms with van der Waals surface area (Å²) in [5.74, 6) is 1.20. The summed E-state index contributed by atoms with van der Waals surface area (Å²) in [6.07, 6.45) is 0. The number of rotatable bonds is 6. The van der Waals surface area contributed by atoms with E-state index in [9.17, 15) is 8.42 Å². The quantitative estimate of drug-likeness (QED) is 0.881. The van der Waals surface area contributed by atoms with Gasteiger partial charge in [-0.05, 0) is 26.0 Å². The van der Waals surface area contributed by atoms with Crippen molar-refractivity contribution in [1.82, 2.24) is 10.1 Å². The molecule has 7 heteroatoms. The third-order valence-corrected chi connectivity index (χ3v) is 4.92. The van der Waals surface area contributed by atoms with Gasteiger partial charge in [0.05, 0.1) is 11.3 Å². The van der Waals surface area contributed by atoms with Gasteiger partial charge < -0.3 is 9.84 Å². The number of para-hydroxylation sites is 1. The van der Waals surface area contributed by atoms with E-state index in [1.54, 1.807) is 13.8 Å². The van der Waals surface area contributed by atoms with E-state index in [2.05, 4.69) is 15.5 Å². The fraction of sp³-hybridized carbons (Fsp3) is 0.429. The summed E-state index contributed by atoms with van der Waals surface area (Å²) < 4.78 is 28.5. The first-order valence-corrected chi connectivity index (χ1v) is 8.60. The molecule has 0 spiro atoms. The molecule has 1 aromatic carbocycles. The van der Waals surface area contributed by atoms with Crippen molar-refractivity contribution in [2.45, 2.75) is 26.8 Å². The van der Waals surface area contributed by atoms with Crippen molar-refractivity contribution >= 4 is 15.5 Å². The predicted molar refractivity (Wildman–Crippen MR) is 81.9 cm³/mol. The number of nitrogens with zero attached hydrogens (tertiary/aromatic N) is 2. The van der Waals surface area contributed by atoms with Gasteiger partial charge in [0.15, 0.2) is 15.7 Å². The van der Waals surface area contributed by atoms with Crippen molar-refractivity contribution in [3.05, 3.63) is 30.1 Å². The Hall–Kier alpha value is -1.89. The number of benzene rings is 1. The Balaban J connectivity index is 2.21. The monoisotopic (exact) mass is 309 g/mol. The average molecular weight is 309 g/mol. The molecule has 0 aliphatic rings. The molecule has 1 aromatic heterocycles. The first kappa shape index (κ1) is 15.5.